The Morgan fingerprint density at radius 2 is 2.04 bits per heavy atom. The molecule has 1 aromatic heterocycles. The molecule has 0 spiro atoms. The molecule has 2 amide bonds. The van der Waals surface area contributed by atoms with E-state index in [4.69, 9.17) is 10.1 Å². The van der Waals surface area contributed by atoms with Crippen molar-refractivity contribution in [3.05, 3.63) is 23.5 Å². The molecule has 8 nitrogen and oxygen atoms in total. The summed E-state index contributed by atoms with van der Waals surface area (Å²) in [5.41, 5.74) is -1.36. The number of hydrogen-bond donors (Lipinski definition) is 4. The van der Waals surface area contributed by atoms with Crippen LogP contribution in [0.1, 0.15) is 48.7 Å². The number of nitrogens with one attached hydrogen (secondary N) is 3. The topological polar surface area (TPSA) is 124 Å². The van der Waals surface area contributed by atoms with Crippen molar-refractivity contribution >= 4 is 17.6 Å². The van der Waals surface area contributed by atoms with Crippen LogP contribution in [0.2, 0.25) is 0 Å². The predicted molar refractivity (Wildman–Crippen MR) is 92.3 cm³/mol. The number of alkyl halides is 3. The standard InChI is InChI=1S/C17H21F3N4O4/c1-9(26)23-15(21)16(2,7-25)24-14(27)12-5-13(28-8-17(18,19)20)11(6-22-12)10-3-4-10/h5-6,10,25H,3-4,7-8H2,1-2H3,(H,24,27)(H2,21,23,26). The molecule has 2 rings (SSSR count). The van der Waals surface area contributed by atoms with Crippen LogP contribution in [-0.2, 0) is 4.79 Å². The van der Waals surface area contributed by atoms with Gasteiger partial charge in [0, 0.05) is 24.8 Å². The summed E-state index contributed by atoms with van der Waals surface area (Å²) in [6, 6.07) is 1.11. The summed E-state index contributed by atoms with van der Waals surface area (Å²) >= 11 is 0. The second-order valence-electron chi connectivity index (χ2n) is 6.79. The number of ether oxygens (including phenoxy) is 1. The average molecular weight is 402 g/mol. The van der Waals surface area contributed by atoms with Crippen LogP contribution in [0.3, 0.4) is 0 Å². The second kappa shape index (κ2) is 8.13. The Morgan fingerprint density at radius 1 is 1.39 bits per heavy atom. The molecule has 1 heterocycles. The number of carbonyl (C=O) groups excluding carboxylic acids is 2. The van der Waals surface area contributed by atoms with E-state index in [0.717, 1.165) is 25.8 Å². The number of nitrogens with zero attached hydrogens (tertiary/aromatic N) is 1. The lowest BCUT2D eigenvalue weighted by molar-refractivity contribution is -0.153. The molecule has 0 aliphatic heterocycles. The third kappa shape index (κ3) is 5.65. The highest BCUT2D eigenvalue weighted by molar-refractivity contribution is 6.04. The number of pyridine rings is 1. The molecular weight excluding hydrogens is 381 g/mol. The second-order valence-corrected chi connectivity index (χ2v) is 6.79. The summed E-state index contributed by atoms with van der Waals surface area (Å²) in [7, 11) is 0. The van der Waals surface area contributed by atoms with Gasteiger partial charge in [-0.1, -0.05) is 0 Å². The molecule has 1 atom stereocenters. The van der Waals surface area contributed by atoms with Gasteiger partial charge in [-0.3, -0.25) is 20.0 Å². The summed E-state index contributed by atoms with van der Waals surface area (Å²) < 4.78 is 42.4. The molecule has 0 radical (unpaired) electrons. The number of amidine groups is 1. The van der Waals surface area contributed by atoms with Gasteiger partial charge in [0.1, 0.15) is 22.8 Å². The minimum atomic E-state index is -4.53. The molecule has 1 saturated carbocycles. The van der Waals surface area contributed by atoms with E-state index in [2.05, 4.69) is 15.6 Å². The summed E-state index contributed by atoms with van der Waals surface area (Å²) in [4.78, 5) is 27.6. The summed E-state index contributed by atoms with van der Waals surface area (Å²) in [5.74, 6) is -1.88. The molecule has 0 saturated heterocycles. The SMILES string of the molecule is CC(=O)NC(=N)C(C)(CO)NC(=O)c1cc(OCC(F)(F)F)c(C2CC2)cn1. The first-order valence-corrected chi connectivity index (χ1v) is 8.44. The molecular formula is C17H21F3N4O4. The van der Waals surface area contributed by atoms with Crippen molar-refractivity contribution in [1.82, 2.24) is 15.6 Å². The molecule has 154 valence electrons. The van der Waals surface area contributed by atoms with Crippen LogP contribution in [-0.4, -0.2) is 52.7 Å². The number of aliphatic hydroxyl groups excluding tert-OH is 1. The fraction of sp³-hybridized carbons (Fsp3) is 0.529. The van der Waals surface area contributed by atoms with Crippen molar-refractivity contribution in [2.45, 2.75) is 44.3 Å². The predicted octanol–water partition coefficient (Wildman–Crippen LogP) is 1.49. The third-order valence-electron chi connectivity index (χ3n) is 4.09. The van der Waals surface area contributed by atoms with Crippen LogP contribution >= 0.6 is 0 Å². The van der Waals surface area contributed by atoms with Gasteiger partial charge in [-0.15, -0.1) is 0 Å². The Labute approximate surface area is 159 Å². The molecule has 0 bridgehead atoms. The Bertz CT molecular complexity index is 780. The van der Waals surface area contributed by atoms with E-state index in [1.54, 1.807) is 0 Å². The van der Waals surface area contributed by atoms with Crippen molar-refractivity contribution in [1.29, 1.82) is 5.41 Å². The Kier molecular flexibility index (Phi) is 6.27. The van der Waals surface area contributed by atoms with Gasteiger partial charge in [0.25, 0.3) is 5.91 Å². The highest BCUT2D eigenvalue weighted by Crippen LogP contribution is 2.44. The Balaban J connectivity index is 2.22. The third-order valence-corrected chi connectivity index (χ3v) is 4.09. The van der Waals surface area contributed by atoms with Crippen LogP contribution in [0.4, 0.5) is 13.2 Å². The maximum Gasteiger partial charge on any atom is 0.422 e. The van der Waals surface area contributed by atoms with Gasteiger partial charge < -0.3 is 20.5 Å². The van der Waals surface area contributed by atoms with Gasteiger partial charge >= 0.3 is 6.18 Å². The molecule has 28 heavy (non-hydrogen) atoms. The summed E-state index contributed by atoms with van der Waals surface area (Å²) in [5, 5.41) is 21.9. The zero-order valence-corrected chi connectivity index (χ0v) is 15.3. The lowest BCUT2D eigenvalue weighted by Crippen LogP contribution is -2.59. The van der Waals surface area contributed by atoms with Crippen LogP contribution in [0.5, 0.6) is 5.75 Å². The van der Waals surface area contributed by atoms with E-state index in [9.17, 15) is 27.9 Å². The first-order chi connectivity index (χ1) is 12.9. The molecule has 11 heteroatoms. The lowest BCUT2D eigenvalue weighted by atomic mass is 10.0. The number of amides is 2. The highest BCUT2D eigenvalue weighted by Gasteiger charge is 2.34. The van der Waals surface area contributed by atoms with Gasteiger partial charge in [-0.2, -0.15) is 13.2 Å². The van der Waals surface area contributed by atoms with E-state index in [1.807, 2.05) is 0 Å². The van der Waals surface area contributed by atoms with Gasteiger partial charge in [0.2, 0.25) is 5.91 Å². The van der Waals surface area contributed by atoms with E-state index >= 15 is 0 Å². The number of aliphatic hydroxyl groups is 1. The molecule has 1 fully saturated rings. The number of rotatable bonds is 7. The fourth-order valence-corrected chi connectivity index (χ4v) is 2.37. The minimum Gasteiger partial charge on any atom is -0.484 e. The molecule has 4 N–H and O–H groups in total. The van der Waals surface area contributed by atoms with Gasteiger partial charge in [-0.25, -0.2) is 0 Å². The van der Waals surface area contributed by atoms with Crippen LogP contribution in [0.25, 0.3) is 0 Å². The van der Waals surface area contributed by atoms with E-state index in [1.165, 1.54) is 13.1 Å². The maximum atomic E-state index is 12.5. The summed E-state index contributed by atoms with van der Waals surface area (Å²) in [6.45, 7) is 0.272. The van der Waals surface area contributed by atoms with E-state index in [-0.39, 0.29) is 17.4 Å². The van der Waals surface area contributed by atoms with Crippen LogP contribution in [0, 0.1) is 5.41 Å². The fourth-order valence-electron chi connectivity index (χ4n) is 2.37. The van der Waals surface area contributed by atoms with Crippen molar-refractivity contribution < 1.29 is 32.6 Å². The Morgan fingerprint density at radius 3 is 2.54 bits per heavy atom. The minimum absolute atomic E-state index is 0.0449. The normalized spacial score (nSPS) is 16.1. The first-order valence-electron chi connectivity index (χ1n) is 8.44. The molecule has 1 unspecified atom stereocenters. The zero-order valence-electron chi connectivity index (χ0n) is 15.3. The molecule has 1 aliphatic carbocycles. The van der Waals surface area contributed by atoms with Crippen molar-refractivity contribution in [3.63, 3.8) is 0 Å². The lowest BCUT2D eigenvalue weighted by Gasteiger charge is -2.29. The van der Waals surface area contributed by atoms with E-state index < -0.39 is 42.6 Å². The number of aromatic nitrogens is 1. The summed E-state index contributed by atoms with van der Waals surface area (Å²) in [6.07, 6.45) is -1.64. The molecule has 0 aromatic carbocycles. The van der Waals surface area contributed by atoms with Crippen LogP contribution in [0.15, 0.2) is 12.3 Å². The number of carbonyl (C=O) groups is 2. The largest absolute Gasteiger partial charge is 0.484 e. The number of halogens is 3. The molecule has 1 aliphatic rings. The quantitative estimate of drug-likeness (QED) is 0.406. The average Bonchev–Trinajstić information content (AvgIpc) is 3.43. The smallest absolute Gasteiger partial charge is 0.422 e. The van der Waals surface area contributed by atoms with Gasteiger partial charge in [-0.05, 0) is 25.7 Å². The monoisotopic (exact) mass is 402 g/mol. The van der Waals surface area contributed by atoms with Crippen molar-refractivity contribution in [2.75, 3.05) is 13.2 Å². The van der Waals surface area contributed by atoms with Crippen molar-refractivity contribution in [3.8, 4) is 5.75 Å². The van der Waals surface area contributed by atoms with Gasteiger partial charge in [0.05, 0.1) is 6.61 Å². The maximum absolute atomic E-state index is 12.5. The van der Waals surface area contributed by atoms with Gasteiger partial charge in [0.15, 0.2) is 6.61 Å². The number of hydrogen-bond acceptors (Lipinski definition) is 6. The van der Waals surface area contributed by atoms with E-state index in [0.29, 0.717) is 5.56 Å². The van der Waals surface area contributed by atoms with Crippen LogP contribution < -0.4 is 15.4 Å². The molecule has 1 aromatic rings. The highest BCUT2D eigenvalue weighted by atomic mass is 19.4. The first kappa shape index (κ1) is 21.6. The van der Waals surface area contributed by atoms with Crippen molar-refractivity contribution in [2.24, 2.45) is 0 Å². The zero-order chi connectivity index (χ0) is 21.1. The Hall–Kier alpha value is -2.69.